The number of methoxy groups -OCH3 is 1. The Bertz CT molecular complexity index is 1040. The van der Waals surface area contributed by atoms with E-state index in [1.807, 2.05) is 42.8 Å². The monoisotopic (exact) mass is 434 g/mol. The summed E-state index contributed by atoms with van der Waals surface area (Å²) in [7, 11) is 3.63. The highest BCUT2D eigenvalue weighted by Gasteiger charge is 2.22. The van der Waals surface area contributed by atoms with Crippen LogP contribution in [0.3, 0.4) is 0 Å². The summed E-state index contributed by atoms with van der Waals surface area (Å²) in [5.74, 6) is 4.26. The minimum absolute atomic E-state index is 0.0815. The van der Waals surface area contributed by atoms with Crippen LogP contribution in [-0.4, -0.2) is 47.0 Å². The number of guanidine groups is 1. The normalized spacial score (nSPS) is 15.2. The maximum absolute atomic E-state index is 6.05. The maximum Gasteiger partial charge on any atom is 0.191 e. The second-order valence-electron chi connectivity index (χ2n) is 7.84. The van der Waals surface area contributed by atoms with Gasteiger partial charge in [-0.1, -0.05) is 30.3 Å². The Morgan fingerprint density at radius 1 is 1.16 bits per heavy atom. The maximum atomic E-state index is 6.05. The third kappa shape index (κ3) is 5.38. The zero-order valence-electron chi connectivity index (χ0n) is 18.8. The molecule has 1 atom stereocenters. The number of benzene rings is 2. The predicted molar refractivity (Wildman–Crippen MR) is 124 cm³/mol. The molecule has 32 heavy (non-hydrogen) atoms. The van der Waals surface area contributed by atoms with Crippen molar-refractivity contribution in [3.63, 3.8) is 0 Å². The number of rotatable bonds is 8. The smallest absolute Gasteiger partial charge is 0.191 e. The first-order valence-electron chi connectivity index (χ1n) is 10.9. The van der Waals surface area contributed by atoms with Gasteiger partial charge in [-0.3, -0.25) is 0 Å². The molecule has 2 aromatic carbocycles. The van der Waals surface area contributed by atoms with Crippen molar-refractivity contribution < 1.29 is 9.47 Å². The van der Waals surface area contributed by atoms with Gasteiger partial charge in [-0.15, -0.1) is 10.2 Å². The largest absolute Gasteiger partial charge is 0.497 e. The zero-order chi connectivity index (χ0) is 22.3. The van der Waals surface area contributed by atoms with Gasteiger partial charge in [0.25, 0.3) is 0 Å². The van der Waals surface area contributed by atoms with E-state index < -0.39 is 0 Å². The summed E-state index contributed by atoms with van der Waals surface area (Å²) in [4.78, 5) is 4.73. The van der Waals surface area contributed by atoms with Gasteiger partial charge in [0.15, 0.2) is 11.8 Å². The summed E-state index contributed by atoms with van der Waals surface area (Å²) in [5, 5.41) is 15.2. The molecule has 2 N–H and O–H groups in total. The number of aliphatic imine (C=N–C) groups is 1. The lowest BCUT2D eigenvalue weighted by molar-refractivity contribution is 0.235. The number of aromatic nitrogens is 3. The highest BCUT2D eigenvalue weighted by molar-refractivity contribution is 5.79. The van der Waals surface area contributed by atoms with E-state index in [0.717, 1.165) is 48.5 Å². The van der Waals surface area contributed by atoms with Crippen LogP contribution in [0.4, 0.5) is 0 Å². The number of ether oxygens (including phenoxy) is 2. The van der Waals surface area contributed by atoms with Crippen molar-refractivity contribution >= 4 is 5.96 Å². The molecule has 3 aromatic rings. The van der Waals surface area contributed by atoms with E-state index in [2.05, 4.69) is 45.1 Å². The Labute approximate surface area is 188 Å². The Kier molecular flexibility index (Phi) is 6.89. The molecular formula is C24H30N6O2. The second-order valence-corrected chi connectivity index (χ2v) is 7.84. The van der Waals surface area contributed by atoms with E-state index in [4.69, 9.17) is 14.5 Å². The van der Waals surface area contributed by atoms with Gasteiger partial charge in [0.2, 0.25) is 0 Å². The summed E-state index contributed by atoms with van der Waals surface area (Å²) in [6.45, 7) is 3.80. The van der Waals surface area contributed by atoms with Crippen LogP contribution in [0.2, 0.25) is 0 Å². The number of hydrogen-bond donors (Lipinski definition) is 2. The predicted octanol–water partition coefficient (Wildman–Crippen LogP) is 2.41. The summed E-state index contributed by atoms with van der Waals surface area (Å²) in [6, 6.07) is 16.3. The molecule has 0 amide bonds. The molecule has 1 unspecified atom stereocenters. The highest BCUT2D eigenvalue weighted by Crippen LogP contribution is 2.27. The van der Waals surface area contributed by atoms with Crippen molar-refractivity contribution in [2.45, 2.75) is 32.4 Å². The lowest BCUT2D eigenvalue weighted by Gasteiger charge is -2.16. The Morgan fingerprint density at radius 2 is 1.97 bits per heavy atom. The van der Waals surface area contributed by atoms with Crippen molar-refractivity contribution in [2.24, 2.45) is 12.0 Å². The fourth-order valence-corrected chi connectivity index (χ4v) is 3.61. The van der Waals surface area contributed by atoms with Crippen molar-refractivity contribution in [3.8, 4) is 11.5 Å². The van der Waals surface area contributed by atoms with Crippen molar-refractivity contribution in [1.29, 1.82) is 0 Å². The minimum Gasteiger partial charge on any atom is -0.497 e. The highest BCUT2D eigenvalue weighted by atomic mass is 16.5. The molecule has 0 aliphatic carbocycles. The van der Waals surface area contributed by atoms with Gasteiger partial charge >= 0.3 is 0 Å². The average molecular weight is 435 g/mol. The third-order valence-electron chi connectivity index (χ3n) is 5.64. The van der Waals surface area contributed by atoms with Gasteiger partial charge in [-0.2, -0.15) is 0 Å². The Balaban J connectivity index is 1.35. The molecular weight excluding hydrogens is 404 g/mol. The molecule has 2 heterocycles. The Morgan fingerprint density at radius 3 is 2.69 bits per heavy atom. The summed E-state index contributed by atoms with van der Waals surface area (Å²) < 4.78 is 13.2. The summed E-state index contributed by atoms with van der Waals surface area (Å²) in [5.41, 5.74) is 2.48. The van der Waals surface area contributed by atoms with E-state index in [1.54, 1.807) is 7.11 Å². The molecule has 1 aromatic heterocycles. The number of nitrogens with zero attached hydrogens (tertiary/aromatic N) is 4. The number of nitrogens with one attached hydrogen (secondary N) is 2. The van der Waals surface area contributed by atoms with Crippen LogP contribution >= 0.6 is 0 Å². The van der Waals surface area contributed by atoms with Crippen LogP contribution in [0.15, 0.2) is 53.5 Å². The van der Waals surface area contributed by atoms with E-state index in [9.17, 15) is 0 Å². The van der Waals surface area contributed by atoms with Crippen LogP contribution in [0.5, 0.6) is 11.5 Å². The third-order valence-corrected chi connectivity index (χ3v) is 5.64. The van der Waals surface area contributed by atoms with Crippen LogP contribution in [0.25, 0.3) is 0 Å². The topological polar surface area (TPSA) is 85.6 Å². The second kappa shape index (κ2) is 10.2. The lowest BCUT2D eigenvalue weighted by atomic mass is 10.1. The summed E-state index contributed by atoms with van der Waals surface area (Å²) >= 11 is 0. The summed E-state index contributed by atoms with van der Waals surface area (Å²) in [6.07, 6.45) is 1.85. The molecule has 8 nitrogen and oxygen atoms in total. The average Bonchev–Trinajstić information content (AvgIpc) is 3.38. The van der Waals surface area contributed by atoms with Crippen LogP contribution < -0.4 is 20.1 Å². The van der Waals surface area contributed by atoms with Crippen LogP contribution in [0, 0.1) is 6.92 Å². The molecule has 0 radical (unpaired) electrons. The van der Waals surface area contributed by atoms with Gasteiger partial charge in [-0.25, -0.2) is 4.99 Å². The zero-order valence-corrected chi connectivity index (χ0v) is 18.8. The molecule has 168 valence electrons. The number of para-hydroxylation sites is 1. The number of aryl methyl sites for hydroxylation is 1. The van der Waals surface area contributed by atoms with Crippen molar-refractivity contribution in [3.05, 3.63) is 71.3 Å². The molecule has 0 saturated heterocycles. The number of hydrogen-bond acceptors (Lipinski definition) is 5. The SMILES string of the molecule is COc1ccc(CCNC(=NCc2nnc(C)n2C)NCC2Cc3ccccc3O2)cc1. The number of fused-ring (bicyclic) bond motifs is 1. The molecule has 1 aliphatic heterocycles. The molecule has 0 saturated carbocycles. The van der Waals surface area contributed by atoms with E-state index in [-0.39, 0.29) is 6.10 Å². The molecule has 1 aliphatic rings. The quantitative estimate of drug-likeness (QED) is 0.418. The van der Waals surface area contributed by atoms with E-state index in [1.165, 1.54) is 11.1 Å². The molecule has 0 fully saturated rings. The van der Waals surface area contributed by atoms with E-state index in [0.29, 0.717) is 13.1 Å². The van der Waals surface area contributed by atoms with Crippen molar-refractivity contribution in [1.82, 2.24) is 25.4 Å². The van der Waals surface area contributed by atoms with Crippen LogP contribution in [0.1, 0.15) is 22.8 Å². The van der Waals surface area contributed by atoms with Gasteiger partial charge in [0.05, 0.1) is 13.7 Å². The van der Waals surface area contributed by atoms with Gasteiger partial charge < -0.3 is 24.7 Å². The molecule has 0 spiro atoms. The first kappa shape index (κ1) is 21.7. The van der Waals surface area contributed by atoms with Gasteiger partial charge in [-0.05, 0) is 42.7 Å². The molecule has 8 heteroatoms. The standard InChI is InChI=1S/C24H30N6O2/c1-17-28-29-23(30(17)2)16-27-24(25-13-12-18-8-10-20(31-3)11-9-18)26-15-21-14-19-6-4-5-7-22(19)32-21/h4-11,21H,12-16H2,1-3H3,(H2,25,26,27). The van der Waals surface area contributed by atoms with Crippen molar-refractivity contribution in [2.75, 3.05) is 20.2 Å². The molecule has 4 rings (SSSR count). The molecule has 0 bridgehead atoms. The fraction of sp³-hybridized carbons (Fsp3) is 0.375. The minimum atomic E-state index is 0.0815. The lowest BCUT2D eigenvalue weighted by Crippen LogP contribution is -2.43. The van der Waals surface area contributed by atoms with Crippen LogP contribution in [-0.2, 0) is 26.4 Å². The van der Waals surface area contributed by atoms with E-state index >= 15 is 0 Å². The first-order chi connectivity index (χ1) is 15.6. The Hall–Kier alpha value is -3.55. The first-order valence-corrected chi connectivity index (χ1v) is 10.9. The fourth-order valence-electron chi connectivity index (χ4n) is 3.61. The van der Waals surface area contributed by atoms with Gasteiger partial charge in [0, 0.05) is 20.0 Å². The van der Waals surface area contributed by atoms with Gasteiger partial charge in [0.1, 0.15) is 30.0 Å².